The molecule has 0 bridgehead atoms. The smallest absolute Gasteiger partial charge is 0.104 e. The van der Waals surface area contributed by atoms with Gasteiger partial charge in [-0.25, -0.2) is 0 Å². The van der Waals surface area contributed by atoms with Crippen molar-refractivity contribution in [2.45, 2.75) is 0 Å². The van der Waals surface area contributed by atoms with Gasteiger partial charge in [-0.15, -0.1) is 11.8 Å². The Morgan fingerprint density at radius 3 is 2.88 bits per heavy atom. The monoisotopic (exact) mass is 129 g/mol. The van der Waals surface area contributed by atoms with Gasteiger partial charge < -0.3 is 0 Å². The molecule has 0 aromatic rings. The molecule has 0 atom stereocenters. The average molecular weight is 129 g/mol. The molecule has 0 amide bonds. The minimum Gasteiger partial charge on any atom is -0.104 e. The van der Waals surface area contributed by atoms with Gasteiger partial charge in [0.25, 0.3) is 0 Å². The van der Waals surface area contributed by atoms with Gasteiger partial charge in [0, 0.05) is 0 Å². The molecule has 0 aromatic carbocycles. The van der Waals surface area contributed by atoms with Gasteiger partial charge in [-0.3, -0.25) is 0 Å². The molecule has 0 aliphatic carbocycles. The standard InChI is InChI=1S/C4H7N3S/c1-7-4(8-2)3-5-6-7/h3H,1-2H3/q+1. The van der Waals surface area contributed by atoms with E-state index in [-0.39, 0.29) is 0 Å². The van der Waals surface area contributed by atoms with Gasteiger partial charge in [0.1, 0.15) is 6.20 Å². The predicted molar refractivity (Wildman–Crippen MR) is 33.9 cm³/mol. The molecule has 1 aliphatic rings. The highest BCUT2D eigenvalue weighted by molar-refractivity contribution is 8.02. The van der Waals surface area contributed by atoms with Crippen LogP contribution in [0.5, 0.6) is 0 Å². The summed E-state index contributed by atoms with van der Waals surface area (Å²) in [5, 5.41) is 10.2. The van der Waals surface area contributed by atoms with Gasteiger partial charge in [-0.2, -0.15) is 0 Å². The number of rotatable bonds is 1. The van der Waals surface area contributed by atoms with Crippen molar-refractivity contribution >= 4 is 11.8 Å². The second-order valence-corrected chi connectivity index (χ2v) is 2.23. The fourth-order valence-corrected chi connectivity index (χ4v) is 0.918. The van der Waals surface area contributed by atoms with Crippen molar-refractivity contribution in [3.05, 3.63) is 11.2 Å². The molecule has 0 saturated heterocycles. The summed E-state index contributed by atoms with van der Waals surface area (Å²) in [5.74, 6) is 0. The maximum atomic E-state index is 3.73. The topological polar surface area (TPSA) is 29.7 Å². The first kappa shape index (κ1) is 5.62. The molecule has 1 rings (SSSR count). The maximum absolute atomic E-state index is 3.73. The van der Waals surface area contributed by atoms with E-state index >= 15 is 0 Å². The Balaban J connectivity index is 2.59. The lowest BCUT2D eigenvalue weighted by Crippen LogP contribution is -2.11. The van der Waals surface area contributed by atoms with Crippen LogP contribution < -0.4 is 5.22 Å². The molecule has 0 N–H and O–H groups in total. The van der Waals surface area contributed by atoms with E-state index in [4.69, 9.17) is 0 Å². The molecule has 8 heavy (non-hydrogen) atoms. The molecular formula is C4H7N3S+. The van der Waals surface area contributed by atoms with Crippen LogP contribution in [0.1, 0.15) is 0 Å². The van der Waals surface area contributed by atoms with Gasteiger partial charge in [0.2, 0.25) is 0 Å². The molecule has 1 aliphatic heterocycles. The second kappa shape index (κ2) is 2.17. The highest BCUT2D eigenvalue weighted by Gasteiger charge is 2.17. The first-order valence-corrected chi connectivity index (χ1v) is 3.45. The van der Waals surface area contributed by atoms with E-state index in [9.17, 15) is 0 Å². The van der Waals surface area contributed by atoms with Crippen LogP contribution in [0, 0.1) is 0 Å². The van der Waals surface area contributed by atoms with E-state index in [2.05, 4.69) is 10.3 Å². The molecule has 1 heterocycles. The number of nitrogens with zero attached hydrogens (tertiary/aromatic N) is 3. The predicted octanol–water partition coefficient (Wildman–Crippen LogP) is 0.797. The molecule has 0 saturated carbocycles. The van der Waals surface area contributed by atoms with Crippen molar-refractivity contribution in [2.75, 3.05) is 13.3 Å². The first-order valence-electron chi connectivity index (χ1n) is 2.23. The zero-order chi connectivity index (χ0) is 5.98. The largest absolute Gasteiger partial charge is 0.333 e. The van der Waals surface area contributed by atoms with Gasteiger partial charge in [-0.05, 0) is 6.26 Å². The second-order valence-electron chi connectivity index (χ2n) is 1.40. The summed E-state index contributed by atoms with van der Waals surface area (Å²) in [6.07, 6.45) is 3.74. The van der Waals surface area contributed by atoms with Crippen LogP contribution in [-0.4, -0.2) is 18.3 Å². The van der Waals surface area contributed by atoms with Gasteiger partial charge >= 0.3 is 5.22 Å². The summed E-state index contributed by atoms with van der Waals surface area (Å²) in [6, 6.07) is 0. The quantitative estimate of drug-likeness (QED) is 0.524. The maximum Gasteiger partial charge on any atom is 0.333 e. The Morgan fingerprint density at radius 1 is 1.88 bits per heavy atom. The minimum absolute atomic E-state index is 1.09. The SMILES string of the molecule is CSC1=CN=[N+]N1C. The number of hydrogen-bond donors (Lipinski definition) is 0. The van der Waals surface area contributed by atoms with Crippen molar-refractivity contribution in [3.63, 3.8) is 0 Å². The van der Waals surface area contributed by atoms with Crippen molar-refractivity contribution in [2.24, 2.45) is 5.11 Å². The first-order chi connectivity index (χ1) is 3.84. The van der Waals surface area contributed by atoms with Crippen LogP contribution in [-0.2, 0) is 0 Å². The Bertz CT molecular complexity index is 140. The molecule has 0 unspecified atom stereocenters. The van der Waals surface area contributed by atoms with Crippen molar-refractivity contribution in [1.29, 1.82) is 0 Å². The Hall–Kier alpha value is -0.510. The van der Waals surface area contributed by atoms with Crippen LogP contribution in [0.2, 0.25) is 0 Å². The molecule has 0 spiro atoms. The molecule has 0 aromatic heterocycles. The number of thioether (sulfide) groups is 1. The van der Waals surface area contributed by atoms with Gasteiger partial charge in [0.05, 0.1) is 12.2 Å². The molecule has 43 valence electrons. The third kappa shape index (κ3) is 0.838. The Labute approximate surface area is 52.4 Å². The van der Waals surface area contributed by atoms with E-state index in [0.29, 0.717) is 0 Å². The van der Waals surface area contributed by atoms with Gasteiger partial charge in [0.15, 0.2) is 5.03 Å². The lowest BCUT2D eigenvalue weighted by atomic mass is 10.9. The van der Waals surface area contributed by atoms with E-state index in [1.54, 1.807) is 23.0 Å². The summed E-state index contributed by atoms with van der Waals surface area (Å²) in [4.78, 5) is 0. The van der Waals surface area contributed by atoms with Crippen LogP contribution >= 0.6 is 11.8 Å². The summed E-state index contributed by atoms with van der Waals surface area (Å²) >= 11 is 1.64. The summed E-state index contributed by atoms with van der Waals surface area (Å²) < 4.78 is 0. The Kier molecular flexibility index (Phi) is 1.53. The summed E-state index contributed by atoms with van der Waals surface area (Å²) in [5.41, 5.74) is 0. The van der Waals surface area contributed by atoms with Crippen LogP contribution in [0.3, 0.4) is 0 Å². The van der Waals surface area contributed by atoms with E-state index in [0.717, 1.165) is 5.03 Å². The highest BCUT2D eigenvalue weighted by Crippen LogP contribution is 2.15. The van der Waals surface area contributed by atoms with E-state index in [1.807, 2.05) is 13.3 Å². The third-order valence-electron chi connectivity index (χ3n) is 0.882. The minimum atomic E-state index is 1.09. The normalized spacial score (nSPS) is 17.2. The highest BCUT2D eigenvalue weighted by atomic mass is 32.2. The molecular weight excluding hydrogens is 122 g/mol. The zero-order valence-electron chi connectivity index (χ0n) is 4.83. The fraction of sp³-hybridized carbons (Fsp3) is 0.500. The fourth-order valence-electron chi connectivity index (χ4n) is 0.465. The van der Waals surface area contributed by atoms with Gasteiger partial charge in [-0.1, -0.05) is 5.01 Å². The van der Waals surface area contributed by atoms with E-state index < -0.39 is 0 Å². The van der Waals surface area contributed by atoms with Crippen molar-refractivity contribution in [1.82, 2.24) is 10.2 Å². The van der Waals surface area contributed by atoms with Crippen molar-refractivity contribution < 1.29 is 0 Å². The Morgan fingerprint density at radius 2 is 2.62 bits per heavy atom. The summed E-state index contributed by atoms with van der Waals surface area (Å²) in [6.45, 7) is 0. The lowest BCUT2D eigenvalue weighted by molar-refractivity contribution is 0.403. The molecule has 0 fully saturated rings. The lowest BCUT2D eigenvalue weighted by Gasteiger charge is -1.92. The van der Waals surface area contributed by atoms with Crippen LogP contribution in [0.25, 0.3) is 0 Å². The summed E-state index contributed by atoms with van der Waals surface area (Å²) in [7, 11) is 1.87. The van der Waals surface area contributed by atoms with Crippen LogP contribution in [0.15, 0.2) is 16.3 Å². The van der Waals surface area contributed by atoms with Crippen molar-refractivity contribution in [3.8, 4) is 0 Å². The molecule has 4 heteroatoms. The molecule has 3 nitrogen and oxygen atoms in total. The molecule has 1 radical (unpaired) electrons. The number of hydrogen-bond acceptors (Lipinski definition) is 4. The zero-order valence-corrected chi connectivity index (χ0v) is 5.64. The van der Waals surface area contributed by atoms with E-state index in [1.165, 1.54) is 0 Å². The average Bonchev–Trinajstić information content (AvgIpc) is 2.14. The third-order valence-corrected chi connectivity index (χ3v) is 1.67. The van der Waals surface area contributed by atoms with Crippen LogP contribution in [0.4, 0.5) is 0 Å².